The van der Waals surface area contributed by atoms with E-state index in [-0.39, 0.29) is 5.91 Å². The second kappa shape index (κ2) is 11.2. The molecular weight excluding hydrogens is 370 g/mol. The standard InChI is InChI=1S/C21H21N3O.C3H8.C2H6/c1-22-18-9-7-15(8-10-18)17-13-20(23(2)14-17)21(25)24-12-11-16-5-3-4-6-19(16)24;1-3-2;1-2/h3-10,13-14,22H,11-12H2,1-2H3;3H2,1-2H3;1-2H3. The van der Waals surface area contributed by atoms with Crippen molar-refractivity contribution >= 4 is 17.3 Å². The first kappa shape index (κ1) is 23.3. The van der Waals surface area contributed by atoms with Crippen LogP contribution in [0.5, 0.6) is 0 Å². The van der Waals surface area contributed by atoms with Gasteiger partial charge in [-0.15, -0.1) is 0 Å². The van der Waals surface area contributed by atoms with Gasteiger partial charge in [-0.05, 0) is 41.8 Å². The van der Waals surface area contributed by atoms with Crippen molar-refractivity contribution < 1.29 is 4.79 Å². The Labute approximate surface area is 181 Å². The molecule has 4 heteroatoms. The minimum atomic E-state index is 0.0607. The number of hydrogen-bond acceptors (Lipinski definition) is 2. The first-order chi connectivity index (χ1) is 14.6. The Morgan fingerprint density at radius 1 is 1.00 bits per heavy atom. The summed E-state index contributed by atoms with van der Waals surface area (Å²) < 4.78 is 1.92. The summed E-state index contributed by atoms with van der Waals surface area (Å²) in [5, 5.41) is 3.12. The van der Waals surface area contributed by atoms with Crippen molar-refractivity contribution in [3.63, 3.8) is 0 Å². The van der Waals surface area contributed by atoms with Crippen LogP contribution in [0.4, 0.5) is 11.4 Å². The molecule has 2 heterocycles. The number of carbonyl (C=O) groups is 1. The Hall–Kier alpha value is -3.01. The molecule has 0 aliphatic carbocycles. The molecule has 0 fully saturated rings. The first-order valence-corrected chi connectivity index (χ1v) is 10.9. The van der Waals surface area contributed by atoms with Crippen molar-refractivity contribution in [2.24, 2.45) is 7.05 Å². The summed E-state index contributed by atoms with van der Waals surface area (Å²) in [6.07, 6.45) is 4.19. The lowest BCUT2D eigenvalue weighted by Gasteiger charge is -2.17. The molecule has 1 aliphatic heterocycles. The van der Waals surface area contributed by atoms with Crippen LogP contribution < -0.4 is 10.2 Å². The maximum atomic E-state index is 13.1. The van der Waals surface area contributed by atoms with E-state index in [0.717, 1.165) is 35.5 Å². The van der Waals surface area contributed by atoms with Crippen molar-refractivity contribution in [2.45, 2.75) is 40.5 Å². The van der Waals surface area contributed by atoms with Crippen LogP contribution in [0.15, 0.2) is 60.8 Å². The van der Waals surface area contributed by atoms with Crippen LogP contribution >= 0.6 is 0 Å². The normalized spacial score (nSPS) is 11.6. The molecule has 0 saturated carbocycles. The van der Waals surface area contributed by atoms with Gasteiger partial charge in [0.05, 0.1) is 0 Å². The third-order valence-corrected chi connectivity index (χ3v) is 4.86. The number of rotatable bonds is 3. The highest BCUT2D eigenvalue weighted by atomic mass is 16.2. The Bertz CT molecular complexity index is 941. The number of aromatic nitrogens is 1. The molecule has 1 aliphatic rings. The molecule has 0 saturated heterocycles. The summed E-state index contributed by atoms with van der Waals surface area (Å²) in [6, 6.07) is 18.4. The molecule has 1 amide bonds. The number of anilines is 2. The van der Waals surface area contributed by atoms with Crippen LogP contribution in [-0.2, 0) is 13.5 Å². The van der Waals surface area contributed by atoms with E-state index >= 15 is 0 Å². The Morgan fingerprint density at radius 2 is 1.63 bits per heavy atom. The van der Waals surface area contributed by atoms with E-state index in [1.54, 1.807) is 0 Å². The van der Waals surface area contributed by atoms with E-state index in [2.05, 4.69) is 37.4 Å². The SMILES string of the molecule is CC.CCC.CNc1ccc(-c2cc(C(=O)N3CCc4ccccc43)n(C)c2)cc1. The van der Waals surface area contributed by atoms with Crippen molar-refractivity contribution in [1.29, 1.82) is 0 Å². The second-order valence-corrected chi connectivity index (χ2v) is 7.09. The Kier molecular flexibility index (Phi) is 8.72. The molecule has 0 radical (unpaired) electrons. The van der Waals surface area contributed by atoms with E-state index in [4.69, 9.17) is 0 Å². The third kappa shape index (κ3) is 5.12. The zero-order valence-electron chi connectivity index (χ0n) is 19.2. The van der Waals surface area contributed by atoms with Gasteiger partial charge in [-0.3, -0.25) is 4.79 Å². The summed E-state index contributed by atoms with van der Waals surface area (Å²) in [7, 11) is 3.84. The van der Waals surface area contributed by atoms with Gasteiger partial charge in [0, 0.05) is 43.8 Å². The smallest absolute Gasteiger partial charge is 0.274 e. The third-order valence-electron chi connectivity index (χ3n) is 4.86. The van der Waals surface area contributed by atoms with Crippen LogP contribution in [0, 0.1) is 0 Å². The van der Waals surface area contributed by atoms with Crippen molar-refractivity contribution in [3.05, 3.63) is 72.1 Å². The molecule has 30 heavy (non-hydrogen) atoms. The van der Waals surface area contributed by atoms with Crippen molar-refractivity contribution in [3.8, 4) is 11.1 Å². The molecule has 0 bridgehead atoms. The zero-order chi connectivity index (χ0) is 22.1. The fraction of sp³-hybridized carbons (Fsp3) is 0.346. The summed E-state index contributed by atoms with van der Waals surface area (Å²) in [6.45, 7) is 9.00. The molecule has 3 aromatic rings. The number of aryl methyl sites for hydroxylation is 1. The molecule has 0 unspecified atom stereocenters. The maximum absolute atomic E-state index is 13.1. The summed E-state index contributed by atoms with van der Waals surface area (Å²) in [5.41, 5.74) is 6.23. The van der Waals surface area contributed by atoms with E-state index < -0.39 is 0 Å². The van der Waals surface area contributed by atoms with Gasteiger partial charge in [-0.25, -0.2) is 0 Å². The van der Waals surface area contributed by atoms with E-state index in [1.165, 1.54) is 12.0 Å². The molecule has 1 aromatic heterocycles. The average Bonchev–Trinajstić information content (AvgIpc) is 3.39. The van der Waals surface area contributed by atoms with Crippen molar-refractivity contribution in [1.82, 2.24) is 4.57 Å². The molecule has 4 rings (SSSR count). The summed E-state index contributed by atoms with van der Waals surface area (Å²) in [4.78, 5) is 15.0. The fourth-order valence-electron chi connectivity index (χ4n) is 3.45. The monoisotopic (exact) mass is 405 g/mol. The largest absolute Gasteiger partial charge is 0.388 e. The topological polar surface area (TPSA) is 37.3 Å². The predicted octanol–water partition coefficient (Wildman–Crippen LogP) is 6.38. The van der Waals surface area contributed by atoms with Gasteiger partial charge in [0.15, 0.2) is 0 Å². The van der Waals surface area contributed by atoms with E-state index in [9.17, 15) is 4.79 Å². The second-order valence-electron chi connectivity index (χ2n) is 7.09. The number of carbonyl (C=O) groups excluding carboxylic acids is 1. The van der Waals surface area contributed by atoms with Gasteiger partial charge in [-0.1, -0.05) is 64.4 Å². The maximum Gasteiger partial charge on any atom is 0.274 e. The molecule has 0 atom stereocenters. The molecule has 0 spiro atoms. The van der Waals surface area contributed by atoms with Crippen LogP contribution in [0.3, 0.4) is 0 Å². The van der Waals surface area contributed by atoms with Crippen LogP contribution in [-0.4, -0.2) is 24.1 Å². The molecule has 1 N–H and O–H groups in total. The summed E-state index contributed by atoms with van der Waals surface area (Å²) in [5.74, 6) is 0.0607. The lowest BCUT2D eigenvalue weighted by atomic mass is 10.1. The van der Waals surface area contributed by atoms with Gasteiger partial charge in [0.25, 0.3) is 5.91 Å². The van der Waals surface area contributed by atoms with E-state index in [0.29, 0.717) is 5.69 Å². The number of hydrogen-bond donors (Lipinski definition) is 1. The zero-order valence-corrected chi connectivity index (χ0v) is 19.2. The van der Waals surface area contributed by atoms with Crippen LogP contribution in [0.25, 0.3) is 11.1 Å². The van der Waals surface area contributed by atoms with Crippen LogP contribution in [0.2, 0.25) is 0 Å². The minimum Gasteiger partial charge on any atom is -0.388 e. The highest BCUT2D eigenvalue weighted by molar-refractivity contribution is 6.07. The fourth-order valence-corrected chi connectivity index (χ4v) is 3.45. The molecular formula is C26H35N3O. The van der Waals surface area contributed by atoms with Gasteiger partial charge in [-0.2, -0.15) is 0 Å². The van der Waals surface area contributed by atoms with E-state index in [1.807, 2.05) is 80.0 Å². The minimum absolute atomic E-state index is 0.0607. The lowest BCUT2D eigenvalue weighted by Crippen LogP contribution is -2.30. The predicted molar refractivity (Wildman–Crippen MR) is 130 cm³/mol. The van der Waals surface area contributed by atoms with Crippen LogP contribution in [0.1, 0.15) is 50.2 Å². The highest BCUT2D eigenvalue weighted by Crippen LogP contribution is 2.30. The quantitative estimate of drug-likeness (QED) is 0.549. The van der Waals surface area contributed by atoms with Gasteiger partial charge < -0.3 is 14.8 Å². The van der Waals surface area contributed by atoms with Gasteiger partial charge in [0.1, 0.15) is 5.69 Å². The number of fused-ring (bicyclic) bond motifs is 1. The highest BCUT2D eigenvalue weighted by Gasteiger charge is 2.27. The Morgan fingerprint density at radius 3 is 2.27 bits per heavy atom. The number of nitrogens with zero attached hydrogens (tertiary/aromatic N) is 2. The number of para-hydroxylation sites is 1. The number of benzene rings is 2. The number of amides is 1. The van der Waals surface area contributed by atoms with Gasteiger partial charge in [0.2, 0.25) is 0 Å². The molecule has 160 valence electrons. The lowest BCUT2D eigenvalue weighted by molar-refractivity contribution is 0.0981. The Balaban J connectivity index is 0.000000590. The first-order valence-electron chi connectivity index (χ1n) is 10.9. The summed E-state index contributed by atoms with van der Waals surface area (Å²) >= 11 is 0. The molecule has 2 aromatic carbocycles. The van der Waals surface area contributed by atoms with Crippen molar-refractivity contribution in [2.75, 3.05) is 23.8 Å². The van der Waals surface area contributed by atoms with Gasteiger partial charge >= 0.3 is 0 Å². The number of nitrogens with one attached hydrogen (secondary N) is 1. The average molecular weight is 406 g/mol. The molecule has 4 nitrogen and oxygen atoms in total.